The molecule has 0 aliphatic heterocycles. The molecule has 3 nitrogen and oxygen atoms in total. The van der Waals surface area contributed by atoms with Crippen molar-refractivity contribution in [3.05, 3.63) is 101 Å². The third-order valence-electron chi connectivity index (χ3n) is 5.12. The van der Waals surface area contributed by atoms with Gasteiger partial charge in [0.1, 0.15) is 12.4 Å². The van der Waals surface area contributed by atoms with Gasteiger partial charge in [0, 0.05) is 28.0 Å². The first-order valence-corrected chi connectivity index (χ1v) is 10.5. The predicted octanol–water partition coefficient (Wildman–Crippen LogP) is 6.17. The van der Waals surface area contributed by atoms with Crippen molar-refractivity contribution in [1.29, 1.82) is 0 Å². The summed E-state index contributed by atoms with van der Waals surface area (Å²) >= 11 is 1.48. The Labute approximate surface area is 172 Å². The summed E-state index contributed by atoms with van der Waals surface area (Å²) in [7, 11) is 0. The van der Waals surface area contributed by atoms with E-state index >= 15 is 0 Å². The van der Waals surface area contributed by atoms with Gasteiger partial charge in [-0.15, -0.1) is 11.3 Å². The van der Waals surface area contributed by atoms with Crippen LogP contribution >= 0.6 is 11.3 Å². The van der Waals surface area contributed by atoms with Crippen molar-refractivity contribution >= 4 is 38.8 Å². The van der Waals surface area contributed by atoms with Gasteiger partial charge in [-0.2, -0.15) is 0 Å². The van der Waals surface area contributed by atoms with Gasteiger partial charge < -0.3 is 9.30 Å². The summed E-state index contributed by atoms with van der Waals surface area (Å²) in [5.41, 5.74) is 1.79. The second kappa shape index (κ2) is 7.57. The number of ketones is 1. The maximum atomic E-state index is 12.9. The lowest BCUT2D eigenvalue weighted by Gasteiger charge is -2.10. The molecule has 0 atom stereocenters. The summed E-state index contributed by atoms with van der Waals surface area (Å²) in [6, 6.07) is 26.2. The van der Waals surface area contributed by atoms with Crippen molar-refractivity contribution in [1.82, 2.24) is 4.57 Å². The Morgan fingerprint density at radius 3 is 2.52 bits per heavy atom. The molecule has 2 heterocycles. The standard InChI is InChI=1S/C25H19NO2S/c27-25(24-13-6-16-29-24)21-17-26(22-11-4-3-10-20(21)22)14-15-28-23-12-5-8-18-7-1-2-9-19(18)23/h1-13,16-17H,14-15H2. The Balaban J connectivity index is 1.41. The summed E-state index contributed by atoms with van der Waals surface area (Å²) in [5.74, 6) is 0.958. The fraction of sp³-hybridized carbons (Fsp3) is 0.0800. The van der Waals surface area contributed by atoms with Crippen molar-refractivity contribution in [3.63, 3.8) is 0 Å². The predicted molar refractivity (Wildman–Crippen MR) is 119 cm³/mol. The van der Waals surface area contributed by atoms with Crippen molar-refractivity contribution in [2.24, 2.45) is 0 Å². The lowest BCUT2D eigenvalue weighted by Crippen LogP contribution is -2.07. The van der Waals surface area contributed by atoms with Crippen molar-refractivity contribution < 1.29 is 9.53 Å². The Hall–Kier alpha value is -3.37. The highest BCUT2D eigenvalue weighted by molar-refractivity contribution is 7.12. The van der Waals surface area contributed by atoms with Crippen LogP contribution in [-0.2, 0) is 6.54 Å². The molecule has 29 heavy (non-hydrogen) atoms. The third kappa shape index (κ3) is 3.32. The van der Waals surface area contributed by atoms with Gasteiger partial charge in [-0.05, 0) is 29.0 Å². The smallest absolute Gasteiger partial charge is 0.205 e. The lowest BCUT2D eigenvalue weighted by molar-refractivity contribution is 0.104. The summed E-state index contributed by atoms with van der Waals surface area (Å²) in [5, 5.41) is 5.20. The number of benzene rings is 3. The zero-order valence-corrected chi connectivity index (χ0v) is 16.6. The van der Waals surface area contributed by atoms with Crippen LogP contribution in [0, 0.1) is 0 Å². The van der Waals surface area contributed by atoms with Crippen LogP contribution < -0.4 is 4.74 Å². The molecule has 0 fully saturated rings. The number of para-hydroxylation sites is 1. The number of nitrogens with zero attached hydrogens (tertiary/aromatic N) is 1. The van der Waals surface area contributed by atoms with Crippen LogP contribution in [0.15, 0.2) is 90.4 Å². The Morgan fingerprint density at radius 1 is 0.862 bits per heavy atom. The number of rotatable bonds is 6. The Bertz CT molecular complexity index is 1300. The van der Waals surface area contributed by atoms with Gasteiger partial charge in [0.15, 0.2) is 0 Å². The van der Waals surface area contributed by atoms with Crippen LogP contribution in [0.1, 0.15) is 15.2 Å². The molecule has 3 aromatic carbocycles. The van der Waals surface area contributed by atoms with E-state index in [0.717, 1.165) is 32.5 Å². The fourth-order valence-electron chi connectivity index (χ4n) is 3.73. The van der Waals surface area contributed by atoms with Gasteiger partial charge >= 0.3 is 0 Å². The van der Waals surface area contributed by atoms with Gasteiger partial charge in [-0.3, -0.25) is 4.79 Å². The molecule has 0 saturated carbocycles. The molecule has 0 N–H and O–H groups in total. The quantitative estimate of drug-likeness (QED) is 0.321. The average Bonchev–Trinajstić information content (AvgIpc) is 3.42. The molecular weight excluding hydrogens is 378 g/mol. The number of fused-ring (bicyclic) bond motifs is 2. The first-order chi connectivity index (χ1) is 14.3. The second-order valence-corrected chi connectivity index (χ2v) is 7.83. The van der Waals surface area contributed by atoms with Gasteiger partial charge in [-0.25, -0.2) is 0 Å². The van der Waals surface area contributed by atoms with E-state index in [4.69, 9.17) is 4.74 Å². The van der Waals surface area contributed by atoms with Crippen molar-refractivity contribution in [2.45, 2.75) is 6.54 Å². The molecule has 4 heteroatoms. The van der Waals surface area contributed by atoms with Gasteiger partial charge in [0.05, 0.1) is 11.4 Å². The number of thiophene rings is 1. The largest absolute Gasteiger partial charge is 0.491 e. The number of ether oxygens (including phenoxy) is 1. The fourth-order valence-corrected chi connectivity index (χ4v) is 4.41. The van der Waals surface area contributed by atoms with E-state index in [9.17, 15) is 4.79 Å². The molecule has 0 radical (unpaired) electrons. The highest BCUT2D eigenvalue weighted by Gasteiger charge is 2.17. The lowest BCUT2D eigenvalue weighted by atomic mass is 10.1. The summed E-state index contributed by atoms with van der Waals surface area (Å²) in [6.07, 6.45) is 1.96. The molecule has 0 bridgehead atoms. The monoisotopic (exact) mass is 397 g/mol. The zero-order valence-electron chi connectivity index (χ0n) is 15.7. The molecule has 5 aromatic rings. The number of hydrogen-bond donors (Lipinski definition) is 0. The molecule has 0 aliphatic carbocycles. The average molecular weight is 397 g/mol. The van der Waals surface area contributed by atoms with Crippen LogP contribution in [0.2, 0.25) is 0 Å². The molecule has 0 saturated heterocycles. The summed E-state index contributed by atoms with van der Waals surface area (Å²) < 4.78 is 8.22. The Morgan fingerprint density at radius 2 is 1.66 bits per heavy atom. The summed E-state index contributed by atoms with van der Waals surface area (Å²) in [6.45, 7) is 1.20. The molecule has 5 rings (SSSR count). The van der Waals surface area contributed by atoms with E-state index in [0.29, 0.717) is 13.2 Å². The first-order valence-electron chi connectivity index (χ1n) is 9.58. The van der Waals surface area contributed by atoms with Crippen molar-refractivity contribution in [3.8, 4) is 5.75 Å². The SMILES string of the molecule is O=C(c1cccs1)c1cn(CCOc2cccc3ccccc23)c2ccccc12. The van der Waals surface area contributed by atoms with E-state index in [1.807, 2.05) is 66.2 Å². The zero-order chi connectivity index (χ0) is 19.6. The van der Waals surface area contributed by atoms with Crippen LogP contribution in [0.4, 0.5) is 0 Å². The number of carbonyl (C=O) groups is 1. The van der Waals surface area contributed by atoms with Crippen LogP contribution in [-0.4, -0.2) is 17.0 Å². The minimum atomic E-state index is 0.0740. The minimum absolute atomic E-state index is 0.0740. The molecule has 142 valence electrons. The topological polar surface area (TPSA) is 31.2 Å². The van der Waals surface area contributed by atoms with E-state index in [1.165, 1.54) is 16.7 Å². The van der Waals surface area contributed by atoms with Crippen molar-refractivity contribution in [2.75, 3.05) is 6.61 Å². The second-order valence-electron chi connectivity index (χ2n) is 6.89. The minimum Gasteiger partial charge on any atom is -0.491 e. The third-order valence-corrected chi connectivity index (χ3v) is 5.99. The summed E-state index contributed by atoms with van der Waals surface area (Å²) in [4.78, 5) is 13.7. The maximum absolute atomic E-state index is 12.9. The normalized spacial score (nSPS) is 11.2. The van der Waals surface area contributed by atoms with Gasteiger partial charge in [0.25, 0.3) is 0 Å². The van der Waals surface area contributed by atoms with E-state index in [-0.39, 0.29) is 5.78 Å². The molecule has 0 unspecified atom stereocenters. The highest BCUT2D eigenvalue weighted by Crippen LogP contribution is 2.27. The highest BCUT2D eigenvalue weighted by atomic mass is 32.1. The van der Waals surface area contributed by atoms with Crippen LogP contribution in [0.5, 0.6) is 5.75 Å². The molecule has 0 aliphatic rings. The molecular formula is C25H19NO2S. The van der Waals surface area contributed by atoms with Crippen LogP contribution in [0.25, 0.3) is 21.7 Å². The molecule has 0 amide bonds. The van der Waals surface area contributed by atoms with Gasteiger partial charge in [-0.1, -0.05) is 60.7 Å². The van der Waals surface area contributed by atoms with Crippen LogP contribution in [0.3, 0.4) is 0 Å². The van der Waals surface area contributed by atoms with E-state index in [1.54, 1.807) is 0 Å². The maximum Gasteiger partial charge on any atom is 0.205 e. The van der Waals surface area contributed by atoms with E-state index < -0.39 is 0 Å². The first kappa shape index (κ1) is 17.7. The van der Waals surface area contributed by atoms with Gasteiger partial charge in [0.2, 0.25) is 5.78 Å². The number of carbonyl (C=O) groups excluding carboxylic acids is 1. The number of aromatic nitrogens is 1. The Kier molecular flexibility index (Phi) is 4.62. The molecule has 2 aromatic heterocycles. The molecule has 0 spiro atoms. The van der Waals surface area contributed by atoms with E-state index in [2.05, 4.69) is 28.8 Å². The number of hydrogen-bond acceptors (Lipinski definition) is 3.